The fourth-order valence-electron chi connectivity index (χ4n) is 2.01. The predicted molar refractivity (Wildman–Crippen MR) is 76.9 cm³/mol. The number of hydrogen-bond acceptors (Lipinski definition) is 5. The first-order chi connectivity index (χ1) is 9.69. The summed E-state index contributed by atoms with van der Waals surface area (Å²) in [5.41, 5.74) is 0.989. The van der Waals surface area contributed by atoms with E-state index in [0.717, 1.165) is 0 Å². The van der Waals surface area contributed by atoms with Gasteiger partial charge in [0.1, 0.15) is 0 Å². The Morgan fingerprint density at radius 3 is 2.15 bits per heavy atom. The summed E-state index contributed by atoms with van der Waals surface area (Å²) in [7, 11) is 3.16. The molecule has 1 aromatic carbocycles. The number of hydrogen-bond donors (Lipinski definition) is 0. The van der Waals surface area contributed by atoms with Crippen molar-refractivity contribution in [2.24, 2.45) is 0 Å². The highest BCUT2D eigenvalue weighted by Gasteiger charge is 2.34. The molecule has 6 heteroatoms. The van der Waals surface area contributed by atoms with E-state index < -0.39 is 0 Å². The number of thioether (sulfide) groups is 1. The van der Waals surface area contributed by atoms with Crippen molar-refractivity contribution < 1.29 is 19.1 Å². The zero-order valence-electron chi connectivity index (χ0n) is 11.5. The zero-order chi connectivity index (χ0) is 14.5. The van der Waals surface area contributed by atoms with Gasteiger partial charge in [0, 0.05) is 32.3 Å². The van der Waals surface area contributed by atoms with Crippen LogP contribution in [0.4, 0.5) is 0 Å². The van der Waals surface area contributed by atoms with Crippen LogP contribution in [-0.2, 0) is 9.47 Å². The van der Waals surface area contributed by atoms with Crippen molar-refractivity contribution in [2.45, 2.75) is 6.29 Å². The summed E-state index contributed by atoms with van der Waals surface area (Å²) in [6.07, 6.45) is -0.262. The van der Waals surface area contributed by atoms with Gasteiger partial charge in [0.15, 0.2) is 6.29 Å². The van der Waals surface area contributed by atoms with Crippen LogP contribution in [0.25, 0.3) is 0 Å². The molecule has 2 rings (SSSR count). The molecular formula is C14H17NO4S. The van der Waals surface area contributed by atoms with Crippen molar-refractivity contribution >= 4 is 23.6 Å². The number of carbonyl (C=O) groups is 2. The summed E-state index contributed by atoms with van der Waals surface area (Å²) in [6, 6.07) is 6.91. The van der Waals surface area contributed by atoms with Crippen molar-refractivity contribution in [3.8, 4) is 0 Å². The van der Waals surface area contributed by atoms with E-state index in [1.54, 1.807) is 50.2 Å². The second kappa shape index (κ2) is 6.88. The minimum absolute atomic E-state index is 0.207. The molecule has 1 aliphatic rings. The molecule has 0 saturated heterocycles. The molecule has 0 fully saturated rings. The third-order valence-electron chi connectivity index (χ3n) is 3.12. The smallest absolute Gasteiger partial charge is 0.261 e. The number of carbonyl (C=O) groups excluding carboxylic acids is 2. The Bertz CT molecular complexity index is 467. The van der Waals surface area contributed by atoms with Crippen LogP contribution in [0.5, 0.6) is 0 Å². The van der Waals surface area contributed by atoms with Crippen molar-refractivity contribution in [3.63, 3.8) is 0 Å². The third-order valence-corrected chi connectivity index (χ3v) is 4.10. The molecule has 0 atom stereocenters. The lowest BCUT2D eigenvalue weighted by molar-refractivity contribution is -0.0842. The number of ether oxygens (including phenoxy) is 2. The maximum atomic E-state index is 12.1. The fraction of sp³-hybridized carbons (Fsp3) is 0.429. The van der Waals surface area contributed by atoms with Gasteiger partial charge in [0.2, 0.25) is 0 Å². The van der Waals surface area contributed by atoms with Crippen LogP contribution in [0.3, 0.4) is 0 Å². The summed E-state index contributed by atoms with van der Waals surface area (Å²) >= 11 is 1.58. The summed E-state index contributed by atoms with van der Waals surface area (Å²) < 4.78 is 10.1. The summed E-state index contributed by atoms with van der Waals surface area (Å²) in [5, 5.41) is 0. The number of imide groups is 1. The van der Waals surface area contributed by atoms with Gasteiger partial charge in [-0.2, -0.15) is 11.8 Å². The quantitative estimate of drug-likeness (QED) is 0.435. The molecule has 108 valence electrons. The first kappa shape index (κ1) is 15.0. The molecule has 0 N–H and O–H groups in total. The molecule has 0 radical (unpaired) electrons. The lowest BCUT2D eigenvalue weighted by atomic mass is 10.1. The molecular weight excluding hydrogens is 278 g/mol. The normalized spacial score (nSPS) is 14.2. The SMILES string of the molecule is COC(CSCCN1C(=O)c2ccccc2C1=O)OC. The second-order valence-electron chi connectivity index (χ2n) is 4.28. The maximum Gasteiger partial charge on any atom is 0.261 e. The van der Waals surface area contributed by atoms with Gasteiger partial charge >= 0.3 is 0 Å². The van der Waals surface area contributed by atoms with E-state index in [0.29, 0.717) is 29.2 Å². The van der Waals surface area contributed by atoms with Gasteiger partial charge in [-0.15, -0.1) is 0 Å². The molecule has 0 aromatic heterocycles. The number of methoxy groups -OCH3 is 2. The minimum atomic E-state index is -0.262. The second-order valence-corrected chi connectivity index (χ2v) is 5.43. The highest BCUT2D eigenvalue weighted by atomic mass is 32.2. The van der Waals surface area contributed by atoms with Gasteiger partial charge in [0.25, 0.3) is 11.8 Å². The van der Waals surface area contributed by atoms with Crippen molar-refractivity contribution in [1.29, 1.82) is 0 Å². The predicted octanol–water partition coefficient (Wildman–Crippen LogP) is 1.63. The number of fused-ring (bicyclic) bond motifs is 1. The van der Waals surface area contributed by atoms with Crippen LogP contribution < -0.4 is 0 Å². The van der Waals surface area contributed by atoms with E-state index in [1.807, 2.05) is 0 Å². The highest BCUT2D eigenvalue weighted by Crippen LogP contribution is 2.22. The number of benzene rings is 1. The Balaban J connectivity index is 1.87. The van der Waals surface area contributed by atoms with Gasteiger partial charge in [-0.25, -0.2) is 0 Å². The highest BCUT2D eigenvalue weighted by molar-refractivity contribution is 7.99. The van der Waals surface area contributed by atoms with Crippen LogP contribution in [0, 0.1) is 0 Å². The lowest BCUT2D eigenvalue weighted by Crippen LogP contribution is -2.32. The Kier molecular flexibility index (Phi) is 5.17. The van der Waals surface area contributed by atoms with Crippen LogP contribution in [0.1, 0.15) is 20.7 Å². The molecule has 1 aliphatic heterocycles. The summed E-state index contributed by atoms with van der Waals surface area (Å²) in [6.45, 7) is 0.400. The van der Waals surface area contributed by atoms with Crippen LogP contribution in [0.2, 0.25) is 0 Å². The van der Waals surface area contributed by atoms with Gasteiger partial charge in [-0.1, -0.05) is 12.1 Å². The minimum Gasteiger partial charge on any atom is -0.355 e. The van der Waals surface area contributed by atoms with Gasteiger partial charge in [0.05, 0.1) is 11.1 Å². The summed E-state index contributed by atoms with van der Waals surface area (Å²) in [5.74, 6) is 0.910. The number of nitrogens with zero attached hydrogens (tertiary/aromatic N) is 1. The first-order valence-corrected chi connectivity index (χ1v) is 7.43. The molecule has 0 bridgehead atoms. The van der Waals surface area contributed by atoms with Crippen LogP contribution in [0.15, 0.2) is 24.3 Å². The summed E-state index contributed by atoms with van der Waals surface area (Å²) in [4.78, 5) is 25.5. The van der Waals surface area contributed by atoms with Crippen LogP contribution >= 0.6 is 11.8 Å². The van der Waals surface area contributed by atoms with Gasteiger partial charge in [-0.3, -0.25) is 14.5 Å². The van der Waals surface area contributed by atoms with E-state index in [1.165, 1.54) is 4.90 Å². The van der Waals surface area contributed by atoms with Crippen molar-refractivity contribution in [2.75, 3.05) is 32.3 Å². The molecule has 5 nitrogen and oxygen atoms in total. The lowest BCUT2D eigenvalue weighted by Gasteiger charge is -2.15. The van der Waals surface area contributed by atoms with Gasteiger partial charge < -0.3 is 9.47 Å². The third kappa shape index (κ3) is 3.03. The molecule has 1 aromatic rings. The maximum absolute atomic E-state index is 12.1. The molecule has 0 aliphatic carbocycles. The molecule has 20 heavy (non-hydrogen) atoms. The average molecular weight is 295 g/mol. The fourth-order valence-corrected chi connectivity index (χ4v) is 2.95. The molecule has 0 saturated carbocycles. The molecule has 2 amide bonds. The van der Waals surface area contributed by atoms with Gasteiger partial charge in [-0.05, 0) is 12.1 Å². The standard InChI is InChI=1S/C14H17NO4S/c1-18-12(19-2)9-20-8-7-15-13(16)10-5-3-4-6-11(10)14(15)17/h3-6,12H,7-9H2,1-2H3. The van der Waals surface area contributed by atoms with E-state index in [9.17, 15) is 9.59 Å². The Hall–Kier alpha value is -1.37. The van der Waals surface area contributed by atoms with E-state index >= 15 is 0 Å². The zero-order valence-corrected chi connectivity index (χ0v) is 12.3. The Labute approximate surface area is 122 Å². The number of amides is 2. The first-order valence-electron chi connectivity index (χ1n) is 6.27. The van der Waals surface area contributed by atoms with E-state index in [-0.39, 0.29) is 18.1 Å². The van der Waals surface area contributed by atoms with Crippen molar-refractivity contribution in [3.05, 3.63) is 35.4 Å². The Morgan fingerprint density at radius 1 is 1.10 bits per heavy atom. The topological polar surface area (TPSA) is 55.8 Å². The monoisotopic (exact) mass is 295 g/mol. The van der Waals surface area contributed by atoms with E-state index in [2.05, 4.69) is 0 Å². The van der Waals surface area contributed by atoms with Crippen LogP contribution in [-0.4, -0.2) is 55.3 Å². The molecule has 0 unspecified atom stereocenters. The Morgan fingerprint density at radius 2 is 1.65 bits per heavy atom. The molecule has 0 spiro atoms. The number of rotatable bonds is 7. The van der Waals surface area contributed by atoms with Crippen molar-refractivity contribution in [1.82, 2.24) is 4.90 Å². The average Bonchev–Trinajstić information content (AvgIpc) is 2.72. The largest absolute Gasteiger partial charge is 0.355 e. The molecule has 1 heterocycles. The van der Waals surface area contributed by atoms with E-state index in [4.69, 9.17) is 9.47 Å².